The Hall–Kier alpha value is -2.08. The van der Waals surface area contributed by atoms with Crippen LogP contribution in [0, 0.1) is 0 Å². The van der Waals surface area contributed by atoms with Crippen LogP contribution in [-0.2, 0) is 11.3 Å². The Bertz CT molecular complexity index is 437. The summed E-state index contributed by atoms with van der Waals surface area (Å²) in [4.78, 5) is 24.1. The van der Waals surface area contributed by atoms with Gasteiger partial charge in [-0.05, 0) is 18.4 Å². The number of hydrogen-bond acceptors (Lipinski definition) is 3. The average molecular weight is 294 g/mol. The summed E-state index contributed by atoms with van der Waals surface area (Å²) in [6, 6.07) is 9.35. The van der Waals surface area contributed by atoms with Crippen LogP contribution in [0.25, 0.3) is 0 Å². The Kier molecular flexibility index (Phi) is 7.89. The summed E-state index contributed by atoms with van der Waals surface area (Å²) in [6.07, 6.45) is 0.950. The predicted octanol–water partition coefficient (Wildman–Crippen LogP) is 1.45. The summed E-state index contributed by atoms with van der Waals surface area (Å²) < 4.78 is 0. The van der Waals surface area contributed by atoms with Crippen molar-refractivity contribution < 1.29 is 19.8 Å². The Morgan fingerprint density at radius 3 is 2.48 bits per heavy atom. The molecule has 116 valence electrons. The lowest BCUT2D eigenvalue weighted by Crippen LogP contribution is -2.40. The molecule has 0 aliphatic carbocycles. The molecule has 2 amide bonds. The molecule has 0 bridgehead atoms. The number of carbonyl (C=O) groups excluding carboxylic acids is 1. The van der Waals surface area contributed by atoms with Gasteiger partial charge in [-0.25, -0.2) is 4.79 Å². The first-order valence-corrected chi connectivity index (χ1v) is 7.03. The van der Waals surface area contributed by atoms with E-state index in [9.17, 15) is 9.59 Å². The second kappa shape index (κ2) is 9.77. The van der Waals surface area contributed by atoms with Crippen molar-refractivity contribution in [3.8, 4) is 0 Å². The van der Waals surface area contributed by atoms with Crippen molar-refractivity contribution in [2.75, 3.05) is 19.7 Å². The van der Waals surface area contributed by atoms with E-state index in [0.717, 1.165) is 5.56 Å². The molecule has 0 spiro atoms. The minimum atomic E-state index is -0.870. The molecule has 0 aliphatic rings. The van der Waals surface area contributed by atoms with Crippen LogP contribution >= 0.6 is 0 Å². The van der Waals surface area contributed by atoms with Crippen molar-refractivity contribution in [3.05, 3.63) is 35.9 Å². The maximum Gasteiger partial charge on any atom is 0.317 e. The number of amides is 2. The molecule has 0 fully saturated rings. The fraction of sp³-hybridized carbons (Fsp3) is 0.467. The number of aliphatic hydroxyl groups is 1. The molecule has 21 heavy (non-hydrogen) atoms. The first kappa shape index (κ1) is 17.0. The summed E-state index contributed by atoms with van der Waals surface area (Å²) in [7, 11) is 0. The van der Waals surface area contributed by atoms with Gasteiger partial charge in [0.15, 0.2) is 0 Å². The zero-order valence-corrected chi connectivity index (χ0v) is 12.0. The van der Waals surface area contributed by atoms with E-state index >= 15 is 0 Å². The molecular formula is C15H22N2O4. The highest BCUT2D eigenvalue weighted by Crippen LogP contribution is 2.05. The summed E-state index contributed by atoms with van der Waals surface area (Å²) in [5.74, 6) is -0.870. The summed E-state index contributed by atoms with van der Waals surface area (Å²) in [5.41, 5.74) is 1.01. The first-order valence-electron chi connectivity index (χ1n) is 7.03. The number of rotatable bonds is 9. The number of nitrogens with zero attached hydrogens (tertiary/aromatic N) is 1. The molecule has 0 unspecified atom stereocenters. The van der Waals surface area contributed by atoms with Gasteiger partial charge in [0.25, 0.3) is 0 Å². The highest BCUT2D eigenvalue weighted by atomic mass is 16.4. The van der Waals surface area contributed by atoms with E-state index in [2.05, 4.69) is 5.32 Å². The molecular weight excluding hydrogens is 272 g/mol. The normalized spacial score (nSPS) is 10.1. The second-order valence-corrected chi connectivity index (χ2v) is 4.71. The zero-order chi connectivity index (χ0) is 15.5. The molecule has 0 aromatic heterocycles. The molecule has 0 saturated carbocycles. The Balaban J connectivity index is 2.47. The molecule has 6 heteroatoms. The predicted molar refractivity (Wildman–Crippen MR) is 78.8 cm³/mol. The highest BCUT2D eigenvalue weighted by molar-refractivity contribution is 5.74. The Labute approximate surface area is 124 Å². The lowest BCUT2D eigenvalue weighted by molar-refractivity contribution is -0.137. The molecule has 0 radical (unpaired) electrons. The second-order valence-electron chi connectivity index (χ2n) is 4.71. The van der Waals surface area contributed by atoms with Gasteiger partial charge in [0.05, 0.1) is 0 Å². The van der Waals surface area contributed by atoms with E-state index in [-0.39, 0.29) is 19.1 Å². The molecule has 0 saturated heterocycles. The minimum Gasteiger partial charge on any atom is -0.481 e. The third-order valence-electron chi connectivity index (χ3n) is 2.93. The van der Waals surface area contributed by atoms with E-state index in [1.807, 2.05) is 30.3 Å². The summed E-state index contributed by atoms with van der Waals surface area (Å²) >= 11 is 0. The van der Waals surface area contributed by atoms with Crippen molar-refractivity contribution in [1.29, 1.82) is 0 Å². The lowest BCUT2D eigenvalue weighted by atomic mass is 10.2. The third-order valence-corrected chi connectivity index (χ3v) is 2.93. The van der Waals surface area contributed by atoms with Gasteiger partial charge >= 0.3 is 12.0 Å². The van der Waals surface area contributed by atoms with Crippen LogP contribution in [0.4, 0.5) is 4.79 Å². The van der Waals surface area contributed by atoms with Gasteiger partial charge in [0.2, 0.25) is 0 Å². The number of carbonyl (C=O) groups is 2. The van der Waals surface area contributed by atoms with Gasteiger partial charge in [-0.1, -0.05) is 30.3 Å². The van der Waals surface area contributed by atoms with Crippen LogP contribution in [0.5, 0.6) is 0 Å². The zero-order valence-electron chi connectivity index (χ0n) is 12.0. The summed E-state index contributed by atoms with van der Waals surface area (Å²) in [6.45, 7) is 1.27. The van der Waals surface area contributed by atoms with E-state index in [1.54, 1.807) is 4.90 Å². The number of urea groups is 1. The van der Waals surface area contributed by atoms with E-state index in [0.29, 0.717) is 32.5 Å². The topological polar surface area (TPSA) is 89.9 Å². The lowest BCUT2D eigenvalue weighted by Gasteiger charge is -2.23. The maximum atomic E-state index is 12.1. The quantitative estimate of drug-likeness (QED) is 0.601. The molecule has 1 aromatic rings. The number of aliphatic hydroxyl groups excluding tert-OH is 1. The molecule has 0 heterocycles. The molecule has 0 atom stereocenters. The molecule has 1 aromatic carbocycles. The van der Waals surface area contributed by atoms with Crippen molar-refractivity contribution in [1.82, 2.24) is 10.2 Å². The fourth-order valence-corrected chi connectivity index (χ4v) is 1.86. The molecule has 0 aliphatic heterocycles. The van der Waals surface area contributed by atoms with Gasteiger partial charge in [0.1, 0.15) is 0 Å². The van der Waals surface area contributed by atoms with Gasteiger partial charge in [0, 0.05) is 32.7 Å². The van der Waals surface area contributed by atoms with Crippen molar-refractivity contribution in [2.24, 2.45) is 0 Å². The van der Waals surface area contributed by atoms with Crippen molar-refractivity contribution >= 4 is 12.0 Å². The number of carboxylic acid groups (broad SMARTS) is 1. The van der Waals surface area contributed by atoms with Crippen molar-refractivity contribution in [2.45, 2.75) is 25.8 Å². The van der Waals surface area contributed by atoms with Gasteiger partial charge < -0.3 is 20.4 Å². The first-order chi connectivity index (χ1) is 10.1. The fourth-order valence-electron chi connectivity index (χ4n) is 1.86. The van der Waals surface area contributed by atoms with E-state index in [1.165, 1.54) is 0 Å². The average Bonchev–Trinajstić information content (AvgIpc) is 2.48. The van der Waals surface area contributed by atoms with Crippen molar-refractivity contribution in [3.63, 3.8) is 0 Å². The number of nitrogens with one attached hydrogen (secondary N) is 1. The van der Waals surface area contributed by atoms with Crippen LogP contribution in [0.3, 0.4) is 0 Å². The molecule has 3 N–H and O–H groups in total. The number of benzene rings is 1. The Morgan fingerprint density at radius 2 is 1.86 bits per heavy atom. The SMILES string of the molecule is O=C(O)CCCNC(=O)N(CCCO)Cc1ccccc1. The van der Waals surface area contributed by atoms with Gasteiger partial charge in [-0.3, -0.25) is 4.79 Å². The van der Waals surface area contributed by atoms with Crippen LogP contribution < -0.4 is 5.32 Å². The monoisotopic (exact) mass is 294 g/mol. The third kappa shape index (κ3) is 7.31. The molecule has 6 nitrogen and oxygen atoms in total. The van der Waals surface area contributed by atoms with Gasteiger partial charge in [-0.15, -0.1) is 0 Å². The Morgan fingerprint density at radius 1 is 1.14 bits per heavy atom. The van der Waals surface area contributed by atoms with E-state index < -0.39 is 5.97 Å². The standard InChI is InChI=1S/C15H22N2O4/c18-11-5-10-17(12-13-6-2-1-3-7-13)15(21)16-9-4-8-14(19)20/h1-3,6-7,18H,4-5,8-12H2,(H,16,21)(H,19,20). The molecule has 1 rings (SSSR count). The number of aliphatic carboxylic acids is 1. The maximum absolute atomic E-state index is 12.1. The summed E-state index contributed by atoms with van der Waals surface area (Å²) in [5, 5.41) is 20.2. The van der Waals surface area contributed by atoms with Crippen LogP contribution in [0.1, 0.15) is 24.8 Å². The smallest absolute Gasteiger partial charge is 0.317 e. The van der Waals surface area contributed by atoms with Crippen LogP contribution in [-0.4, -0.2) is 46.8 Å². The van der Waals surface area contributed by atoms with E-state index in [4.69, 9.17) is 10.2 Å². The minimum absolute atomic E-state index is 0.0254. The number of hydrogen-bond donors (Lipinski definition) is 3. The van der Waals surface area contributed by atoms with Crippen LogP contribution in [0.2, 0.25) is 0 Å². The largest absolute Gasteiger partial charge is 0.481 e. The number of carboxylic acids is 1. The highest BCUT2D eigenvalue weighted by Gasteiger charge is 2.13. The van der Waals surface area contributed by atoms with Crippen LogP contribution in [0.15, 0.2) is 30.3 Å². The van der Waals surface area contributed by atoms with Gasteiger partial charge in [-0.2, -0.15) is 0 Å².